The smallest absolute Gasteiger partial charge is 0.266 e. The van der Waals surface area contributed by atoms with E-state index in [2.05, 4.69) is 15.3 Å². The molecule has 0 saturated carbocycles. The van der Waals surface area contributed by atoms with Crippen molar-refractivity contribution in [3.63, 3.8) is 0 Å². The summed E-state index contributed by atoms with van der Waals surface area (Å²) in [5, 5.41) is 2.75. The Morgan fingerprint density at radius 2 is 1.82 bits per heavy atom. The molecular formula is C23H17ClF2N4O3S. The van der Waals surface area contributed by atoms with Crippen LogP contribution >= 0.6 is 11.6 Å². The first-order valence-electron chi connectivity index (χ1n) is 9.91. The zero-order chi connectivity index (χ0) is 24.2. The van der Waals surface area contributed by atoms with Crippen molar-refractivity contribution in [3.8, 4) is 0 Å². The van der Waals surface area contributed by atoms with E-state index in [0.29, 0.717) is 16.6 Å². The minimum Gasteiger partial charge on any atom is -0.343 e. The molecule has 0 bridgehead atoms. The number of alkyl halides is 1. The first kappa shape index (κ1) is 23.7. The van der Waals surface area contributed by atoms with E-state index < -0.39 is 35.7 Å². The highest BCUT2D eigenvalue weighted by atomic mass is 35.5. The van der Waals surface area contributed by atoms with Crippen LogP contribution in [0.2, 0.25) is 5.02 Å². The van der Waals surface area contributed by atoms with Crippen LogP contribution in [0.5, 0.6) is 0 Å². The largest absolute Gasteiger partial charge is 0.343 e. The van der Waals surface area contributed by atoms with Gasteiger partial charge in [0.2, 0.25) is 0 Å². The number of benzene rings is 3. The Kier molecular flexibility index (Phi) is 7.11. The van der Waals surface area contributed by atoms with Crippen LogP contribution in [0, 0.1) is 5.82 Å². The minimum atomic E-state index is -2.64. The van der Waals surface area contributed by atoms with Crippen molar-refractivity contribution >= 4 is 51.2 Å². The highest BCUT2D eigenvalue weighted by Crippen LogP contribution is 2.35. The van der Waals surface area contributed by atoms with Gasteiger partial charge in [0.25, 0.3) is 17.2 Å². The maximum Gasteiger partial charge on any atom is 0.266 e. The van der Waals surface area contributed by atoms with Crippen molar-refractivity contribution in [3.05, 3.63) is 95.0 Å². The number of amides is 1. The summed E-state index contributed by atoms with van der Waals surface area (Å²) >= 11 is 3.52. The topological polar surface area (TPSA) is 95.4 Å². The lowest BCUT2D eigenvalue weighted by atomic mass is 10.1. The number of nitrogens with one attached hydrogen (secondary N) is 1. The van der Waals surface area contributed by atoms with E-state index in [1.54, 1.807) is 18.2 Å². The lowest BCUT2D eigenvalue weighted by molar-refractivity contribution is 0.0930. The maximum atomic E-state index is 13.8. The van der Waals surface area contributed by atoms with E-state index in [0.717, 1.165) is 16.4 Å². The summed E-state index contributed by atoms with van der Waals surface area (Å²) < 4.78 is 50.7. The molecule has 0 aliphatic heterocycles. The SMILES string of the molecule is O=C(NC(CF)c1ccc(F)cc1)c1ccc(Cl)cc1N(c1cccc2nccnc12)S(=O)O. The molecule has 1 heterocycles. The molecule has 4 aromatic rings. The van der Waals surface area contributed by atoms with Crippen LogP contribution in [0.3, 0.4) is 0 Å². The summed E-state index contributed by atoms with van der Waals surface area (Å²) in [7, 11) is 0. The Bertz CT molecular complexity index is 1370. The normalized spacial score (nSPS) is 12.8. The number of hydrogen-bond acceptors (Lipinski definition) is 4. The Hall–Kier alpha value is -3.47. The van der Waals surface area contributed by atoms with E-state index in [9.17, 15) is 22.3 Å². The van der Waals surface area contributed by atoms with Crippen LogP contribution in [0.1, 0.15) is 22.0 Å². The number of para-hydroxylation sites is 1. The highest BCUT2D eigenvalue weighted by molar-refractivity contribution is 7.81. The molecule has 174 valence electrons. The molecule has 2 atom stereocenters. The molecule has 3 aromatic carbocycles. The molecule has 1 amide bonds. The molecule has 11 heteroatoms. The average Bonchev–Trinajstić information content (AvgIpc) is 2.83. The van der Waals surface area contributed by atoms with Gasteiger partial charge in [0.15, 0.2) is 0 Å². The number of hydrogen-bond donors (Lipinski definition) is 2. The highest BCUT2D eigenvalue weighted by Gasteiger charge is 2.26. The Balaban J connectivity index is 1.78. The third kappa shape index (κ3) is 4.89. The van der Waals surface area contributed by atoms with Gasteiger partial charge in [-0.3, -0.25) is 19.3 Å². The predicted octanol–water partition coefficient (Wildman–Crippen LogP) is 5.14. The van der Waals surface area contributed by atoms with Gasteiger partial charge in [-0.15, -0.1) is 0 Å². The fourth-order valence-electron chi connectivity index (χ4n) is 3.45. The standard InChI is InChI=1S/C23H17ClF2N4O3S/c24-15-6-9-17(23(31)29-19(13-25)14-4-7-16(26)8-5-14)21(12-15)30(34(32)33)20-3-1-2-18-22(20)28-11-10-27-18/h1-12,19H,13H2,(H,29,31)(H,32,33). The van der Waals surface area contributed by atoms with Gasteiger partial charge in [-0.05, 0) is 48.0 Å². The number of aromatic nitrogens is 2. The van der Waals surface area contributed by atoms with Crippen molar-refractivity contribution in [2.24, 2.45) is 0 Å². The number of halogens is 3. The van der Waals surface area contributed by atoms with Crippen LogP contribution < -0.4 is 9.62 Å². The van der Waals surface area contributed by atoms with Crippen molar-refractivity contribution in [2.75, 3.05) is 11.0 Å². The minimum absolute atomic E-state index is 0.000649. The van der Waals surface area contributed by atoms with Crippen LogP contribution in [-0.2, 0) is 11.3 Å². The Labute approximate surface area is 200 Å². The van der Waals surface area contributed by atoms with Crippen molar-refractivity contribution in [1.82, 2.24) is 15.3 Å². The Morgan fingerprint density at radius 1 is 1.09 bits per heavy atom. The second-order valence-electron chi connectivity index (χ2n) is 7.12. The summed E-state index contributed by atoms with van der Waals surface area (Å²) in [5.41, 5.74) is 1.33. The fourth-order valence-corrected chi connectivity index (χ4v) is 4.25. The summed E-state index contributed by atoms with van der Waals surface area (Å²) in [5.74, 6) is -1.22. The van der Waals surface area contributed by atoms with Crippen molar-refractivity contribution in [1.29, 1.82) is 0 Å². The molecule has 4 rings (SSSR count). The summed E-state index contributed by atoms with van der Waals surface area (Å²) in [4.78, 5) is 21.6. The molecular weight excluding hydrogens is 486 g/mol. The van der Waals surface area contributed by atoms with Gasteiger partial charge in [-0.2, -0.15) is 0 Å². The maximum absolute atomic E-state index is 13.8. The van der Waals surface area contributed by atoms with Crippen molar-refractivity contribution < 1.29 is 22.3 Å². The van der Waals surface area contributed by atoms with Gasteiger partial charge in [-0.1, -0.05) is 29.8 Å². The number of rotatable bonds is 7. The first-order chi connectivity index (χ1) is 16.4. The van der Waals surface area contributed by atoms with Gasteiger partial charge >= 0.3 is 0 Å². The summed E-state index contributed by atoms with van der Waals surface area (Å²) in [6.07, 6.45) is 2.92. The molecule has 0 aliphatic rings. The zero-order valence-electron chi connectivity index (χ0n) is 17.4. The van der Waals surface area contributed by atoms with Gasteiger partial charge < -0.3 is 5.32 Å². The molecule has 0 aliphatic carbocycles. The second-order valence-corrected chi connectivity index (χ2v) is 8.38. The molecule has 0 radical (unpaired) electrons. The number of nitrogens with zero attached hydrogens (tertiary/aromatic N) is 3. The molecule has 0 saturated heterocycles. The number of carbonyl (C=O) groups is 1. The van der Waals surface area contributed by atoms with Crippen molar-refractivity contribution in [2.45, 2.75) is 6.04 Å². The van der Waals surface area contributed by atoms with Crippen LogP contribution in [0.4, 0.5) is 20.2 Å². The molecule has 7 nitrogen and oxygen atoms in total. The van der Waals surface area contributed by atoms with E-state index in [1.165, 1.54) is 42.7 Å². The number of carbonyl (C=O) groups excluding carboxylic acids is 1. The van der Waals surface area contributed by atoms with E-state index in [1.807, 2.05) is 0 Å². The first-order valence-corrected chi connectivity index (χ1v) is 11.4. The van der Waals surface area contributed by atoms with E-state index in [4.69, 9.17) is 11.6 Å². The average molecular weight is 503 g/mol. The molecule has 0 fully saturated rings. The molecule has 34 heavy (non-hydrogen) atoms. The molecule has 2 N–H and O–H groups in total. The molecule has 0 spiro atoms. The van der Waals surface area contributed by atoms with Gasteiger partial charge in [-0.25, -0.2) is 17.3 Å². The predicted molar refractivity (Wildman–Crippen MR) is 126 cm³/mol. The van der Waals surface area contributed by atoms with E-state index >= 15 is 0 Å². The van der Waals surface area contributed by atoms with Crippen LogP contribution in [-0.4, -0.2) is 31.3 Å². The summed E-state index contributed by atoms with van der Waals surface area (Å²) in [6.45, 7) is -0.950. The summed E-state index contributed by atoms with van der Waals surface area (Å²) in [6, 6.07) is 13.0. The lowest BCUT2D eigenvalue weighted by Gasteiger charge is -2.24. The molecule has 1 aromatic heterocycles. The van der Waals surface area contributed by atoms with Crippen LogP contribution in [0.15, 0.2) is 73.1 Å². The zero-order valence-corrected chi connectivity index (χ0v) is 18.9. The van der Waals surface area contributed by atoms with Gasteiger partial charge in [0.05, 0.1) is 28.5 Å². The van der Waals surface area contributed by atoms with Gasteiger partial charge in [0, 0.05) is 17.4 Å². The van der Waals surface area contributed by atoms with Crippen LogP contribution in [0.25, 0.3) is 11.0 Å². The monoisotopic (exact) mass is 502 g/mol. The molecule has 2 unspecified atom stereocenters. The van der Waals surface area contributed by atoms with E-state index in [-0.39, 0.29) is 22.0 Å². The fraction of sp³-hybridized carbons (Fsp3) is 0.0870. The third-order valence-corrected chi connectivity index (χ3v) is 5.95. The lowest BCUT2D eigenvalue weighted by Crippen LogP contribution is -2.32. The Morgan fingerprint density at radius 3 is 2.53 bits per heavy atom. The number of anilines is 2. The quantitative estimate of drug-likeness (QED) is 0.341. The van der Waals surface area contributed by atoms with Gasteiger partial charge in [0.1, 0.15) is 18.0 Å². The third-order valence-electron chi connectivity index (χ3n) is 5.01. The second kappa shape index (κ2) is 10.2. The number of fused-ring (bicyclic) bond motifs is 1.